The van der Waals surface area contributed by atoms with Crippen molar-refractivity contribution < 1.29 is 28.2 Å². The molecule has 156 valence electrons. The Bertz CT molecular complexity index is 1070. The lowest BCUT2D eigenvalue weighted by Gasteiger charge is -2.07. The summed E-state index contributed by atoms with van der Waals surface area (Å²) in [7, 11) is 0. The van der Waals surface area contributed by atoms with Gasteiger partial charge in [-0.05, 0) is 48.0 Å². The molecule has 1 aromatic heterocycles. The summed E-state index contributed by atoms with van der Waals surface area (Å²) >= 11 is 3.46. The quantitative estimate of drug-likeness (QED) is 0.316. The van der Waals surface area contributed by atoms with Crippen LogP contribution in [0.4, 0.5) is 0 Å². The molecule has 1 heterocycles. The Morgan fingerprint density at radius 2 is 1.80 bits per heavy atom. The molecule has 6 nitrogen and oxygen atoms in total. The van der Waals surface area contributed by atoms with Gasteiger partial charge in [-0.15, -0.1) is 0 Å². The van der Waals surface area contributed by atoms with Gasteiger partial charge in [-0.3, -0.25) is 0 Å². The number of hydrogen-bond acceptors (Lipinski definition) is 6. The third-order valence-corrected chi connectivity index (χ3v) is 4.75. The highest BCUT2D eigenvalue weighted by molar-refractivity contribution is 9.10. The number of carbonyl (C=O) groups is 2. The third-order valence-electron chi connectivity index (χ3n) is 4.13. The Morgan fingerprint density at radius 1 is 1.07 bits per heavy atom. The molecule has 2 aromatic carbocycles. The van der Waals surface area contributed by atoms with Crippen LogP contribution in [0.5, 0.6) is 5.75 Å². The van der Waals surface area contributed by atoms with Gasteiger partial charge in [0.1, 0.15) is 29.3 Å². The van der Waals surface area contributed by atoms with Gasteiger partial charge in [0, 0.05) is 17.0 Å². The lowest BCUT2D eigenvalue weighted by atomic mass is 10.1. The maximum absolute atomic E-state index is 12.7. The Kier molecular flexibility index (Phi) is 7.30. The monoisotopic (exact) mass is 472 g/mol. The SMILES string of the molecule is CCOC(=O)/C=C/COc1cc2c(C(=O)OCC)c(-c3ccccc3)oc2cc1Br. The Hall–Kier alpha value is -3.06. The van der Waals surface area contributed by atoms with Crippen LogP contribution in [-0.2, 0) is 14.3 Å². The summed E-state index contributed by atoms with van der Waals surface area (Å²) in [4.78, 5) is 24.1. The predicted octanol–water partition coefficient (Wildman–Crippen LogP) is 5.54. The predicted molar refractivity (Wildman–Crippen MR) is 117 cm³/mol. The van der Waals surface area contributed by atoms with Crippen LogP contribution in [-0.4, -0.2) is 31.8 Å². The lowest BCUT2D eigenvalue weighted by Crippen LogP contribution is -2.05. The smallest absolute Gasteiger partial charge is 0.342 e. The van der Waals surface area contributed by atoms with Crippen LogP contribution >= 0.6 is 15.9 Å². The van der Waals surface area contributed by atoms with E-state index in [1.807, 2.05) is 30.3 Å². The van der Waals surface area contributed by atoms with Crippen molar-refractivity contribution in [2.24, 2.45) is 0 Å². The minimum absolute atomic E-state index is 0.154. The lowest BCUT2D eigenvalue weighted by molar-refractivity contribution is -0.137. The molecule has 3 aromatic rings. The average Bonchev–Trinajstić information content (AvgIpc) is 3.10. The highest BCUT2D eigenvalue weighted by Crippen LogP contribution is 2.39. The molecule has 0 radical (unpaired) electrons. The summed E-state index contributed by atoms with van der Waals surface area (Å²) < 4.78 is 22.5. The highest BCUT2D eigenvalue weighted by atomic mass is 79.9. The van der Waals surface area contributed by atoms with Gasteiger partial charge in [0.15, 0.2) is 0 Å². The zero-order chi connectivity index (χ0) is 21.5. The molecule has 3 rings (SSSR count). The molecule has 0 saturated heterocycles. The molecule has 0 bridgehead atoms. The minimum atomic E-state index is -0.467. The van der Waals surface area contributed by atoms with E-state index in [-0.39, 0.29) is 13.2 Å². The minimum Gasteiger partial charge on any atom is -0.488 e. The molecule has 0 saturated carbocycles. The van der Waals surface area contributed by atoms with Crippen molar-refractivity contribution in [3.05, 3.63) is 64.7 Å². The van der Waals surface area contributed by atoms with E-state index in [1.54, 1.807) is 32.1 Å². The van der Waals surface area contributed by atoms with Crippen LogP contribution in [0.25, 0.3) is 22.3 Å². The number of rotatable bonds is 8. The van der Waals surface area contributed by atoms with E-state index >= 15 is 0 Å². The maximum atomic E-state index is 12.7. The normalized spacial score (nSPS) is 11.0. The molecule has 0 atom stereocenters. The summed E-state index contributed by atoms with van der Waals surface area (Å²) in [6, 6.07) is 12.8. The van der Waals surface area contributed by atoms with Crippen LogP contribution in [0.3, 0.4) is 0 Å². The molecule has 7 heteroatoms. The van der Waals surface area contributed by atoms with Crippen LogP contribution in [0.1, 0.15) is 24.2 Å². The Labute approximate surface area is 182 Å². The summed E-state index contributed by atoms with van der Waals surface area (Å²) in [5.74, 6) is 0.0467. The standard InChI is InChI=1S/C23H21BrO6/c1-3-27-20(25)11-8-12-29-19-13-16-18(14-17(19)24)30-22(15-9-6-5-7-10-15)21(16)23(26)28-4-2/h5-11,13-14H,3-4,12H2,1-2H3/b11-8+. The van der Waals surface area contributed by atoms with E-state index in [9.17, 15) is 9.59 Å². The molecule has 0 aliphatic rings. The van der Waals surface area contributed by atoms with Gasteiger partial charge in [0.2, 0.25) is 0 Å². The van der Waals surface area contributed by atoms with E-state index in [4.69, 9.17) is 18.6 Å². The molecular formula is C23H21BrO6. The van der Waals surface area contributed by atoms with Crippen molar-refractivity contribution in [3.63, 3.8) is 0 Å². The first-order chi connectivity index (χ1) is 14.5. The van der Waals surface area contributed by atoms with Crippen molar-refractivity contribution in [2.45, 2.75) is 13.8 Å². The molecule has 0 unspecified atom stereocenters. The number of fused-ring (bicyclic) bond motifs is 1. The second kappa shape index (κ2) is 10.1. The fourth-order valence-corrected chi connectivity index (χ4v) is 3.32. The number of furan rings is 1. The van der Waals surface area contributed by atoms with Crippen molar-refractivity contribution >= 4 is 38.8 Å². The largest absolute Gasteiger partial charge is 0.488 e. The summed E-state index contributed by atoms with van der Waals surface area (Å²) in [5, 5.41) is 0.583. The second-order valence-electron chi connectivity index (χ2n) is 6.14. The van der Waals surface area contributed by atoms with Gasteiger partial charge < -0.3 is 18.6 Å². The first kappa shape index (κ1) is 21.6. The molecule has 0 N–H and O–H groups in total. The van der Waals surface area contributed by atoms with Gasteiger partial charge in [-0.2, -0.15) is 0 Å². The molecular weight excluding hydrogens is 452 g/mol. The van der Waals surface area contributed by atoms with E-state index in [0.717, 1.165) is 5.56 Å². The van der Waals surface area contributed by atoms with Crippen molar-refractivity contribution in [1.82, 2.24) is 0 Å². The molecule has 0 aliphatic heterocycles. The molecule has 0 aliphatic carbocycles. The van der Waals surface area contributed by atoms with Crippen molar-refractivity contribution in [2.75, 3.05) is 19.8 Å². The molecule has 0 spiro atoms. The zero-order valence-electron chi connectivity index (χ0n) is 16.6. The van der Waals surface area contributed by atoms with Crippen LogP contribution in [0.2, 0.25) is 0 Å². The molecule has 0 fully saturated rings. The Balaban J connectivity index is 1.98. The first-order valence-electron chi connectivity index (χ1n) is 9.49. The fourth-order valence-electron chi connectivity index (χ4n) is 2.88. The van der Waals surface area contributed by atoms with Crippen molar-refractivity contribution in [1.29, 1.82) is 0 Å². The van der Waals surface area contributed by atoms with E-state index in [1.165, 1.54) is 6.08 Å². The number of halogens is 1. The average molecular weight is 473 g/mol. The van der Waals surface area contributed by atoms with Gasteiger partial charge >= 0.3 is 11.9 Å². The van der Waals surface area contributed by atoms with Gasteiger partial charge in [0.05, 0.1) is 17.7 Å². The number of ether oxygens (including phenoxy) is 3. The summed E-state index contributed by atoms with van der Waals surface area (Å²) in [6.45, 7) is 4.21. The van der Waals surface area contributed by atoms with Crippen LogP contribution in [0.15, 0.2) is 63.5 Å². The van der Waals surface area contributed by atoms with Crippen LogP contribution in [0, 0.1) is 0 Å². The first-order valence-corrected chi connectivity index (χ1v) is 10.3. The maximum Gasteiger partial charge on any atom is 0.342 e. The molecule has 0 amide bonds. The number of benzene rings is 2. The van der Waals surface area contributed by atoms with Gasteiger partial charge in [-0.1, -0.05) is 30.3 Å². The zero-order valence-corrected chi connectivity index (χ0v) is 18.2. The molecule has 30 heavy (non-hydrogen) atoms. The van der Waals surface area contributed by atoms with Gasteiger partial charge in [-0.25, -0.2) is 9.59 Å². The highest BCUT2D eigenvalue weighted by Gasteiger charge is 2.24. The van der Waals surface area contributed by atoms with E-state index in [2.05, 4.69) is 15.9 Å². The number of esters is 2. The van der Waals surface area contributed by atoms with Crippen LogP contribution < -0.4 is 4.74 Å². The topological polar surface area (TPSA) is 75.0 Å². The summed E-state index contributed by atoms with van der Waals surface area (Å²) in [6.07, 6.45) is 2.87. The summed E-state index contributed by atoms with van der Waals surface area (Å²) in [5.41, 5.74) is 1.64. The number of carbonyl (C=O) groups excluding carboxylic acids is 2. The second-order valence-corrected chi connectivity index (χ2v) is 6.99. The number of hydrogen-bond donors (Lipinski definition) is 0. The van der Waals surface area contributed by atoms with Gasteiger partial charge in [0.25, 0.3) is 0 Å². The Morgan fingerprint density at radius 3 is 2.50 bits per heavy atom. The van der Waals surface area contributed by atoms with E-state index < -0.39 is 11.9 Å². The third kappa shape index (κ3) is 4.91. The van der Waals surface area contributed by atoms with Crippen molar-refractivity contribution in [3.8, 4) is 17.1 Å². The van der Waals surface area contributed by atoms with E-state index in [0.29, 0.717) is 39.1 Å². The fraction of sp³-hybridized carbons (Fsp3) is 0.217.